The summed E-state index contributed by atoms with van der Waals surface area (Å²) in [5.41, 5.74) is 1.27. The summed E-state index contributed by atoms with van der Waals surface area (Å²) < 4.78 is 0. The molecule has 0 saturated carbocycles. The number of carbonyl (C=O) groups is 3. The molecular weight excluding hydrogens is 326 g/mol. The van der Waals surface area contributed by atoms with Crippen LogP contribution in [0.2, 0.25) is 0 Å². The molecule has 1 saturated heterocycles. The summed E-state index contributed by atoms with van der Waals surface area (Å²) in [6, 6.07) is 2.08. The number of rotatable bonds is 3. The topological polar surface area (TPSA) is 90.3 Å². The van der Waals surface area contributed by atoms with E-state index in [9.17, 15) is 19.6 Å². The number of thiophene rings is 1. The van der Waals surface area contributed by atoms with Gasteiger partial charge in [0.25, 0.3) is 0 Å². The third kappa shape index (κ3) is 2.63. The molecule has 3 rings (SSSR count). The summed E-state index contributed by atoms with van der Waals surface area (Å²) >= 11 is 1.32. The number of fused-ring (bicyclic) bond motifs is 1. The molecular formula is C17H17N3O3S. The van der Waals surface area contributed by atoms with E-state index in [1.54, 1.807) is 0 Å². The van der Waals surface area contributed by atoms with Gasteiger partial charge in [-0.2, -0.15) is 5.26 Å². The molecule has 0 radical (unpaired) electrons. The minimum absolute atomic E-state index is 0.274. The molecule has 124 valence electrons. The van der Waals surface area contributed by atoms with E-state index < -0.39 is 5.91 Å². The molecule has 2 atom stereocenters. The minimum atomic E-state index is -0.457. The van der Waals surface area contributed by atoms with E-state index in [4.69, 9.17) is 0 Å². The second kappa shape index (κ2) is 6.21. The quantitative estimate of drug-likeness (QED) is 0.672. The second-order valence-corrected chi connectivity index (χ2v) is 7.29. The van der Waals surface area contributed by atoms with Crippen molar-refractivity contribution in [1.82, 2.24) is 4.90 Å². The molecule has 0 unspecified atom stereocenters. The number of nitrogens with one attached hydrogen (secondary N) is 1. The Morgan fingerprint density at radius 2 is 1.88 bits per heavy atom. The van der Waals surface area contributed by atoms with Gasteiger partial charge < -0.3 is 5.32 Å². The van der Waals surface area contributed by atoms with E-state index in [1.807, 2.05) is 26.0 Å². The molecule has 3 amide bonds. The number of allylic oxidation sites excluding steroid dienone is 2. The number of imide groups is 1. The summed E-state index contributed by atoms with van der Waals surface area (Å²) in [7, 11) is 0. The number of amides is 3. The average molecular weight is 343 g/mol. The van der Waals surface area contributed by atoms with Gasteiger partial charge in [0.2, 0.25) is 17.7 Å². The van der Waals surface area contributed by atoms with Crippen LogP contribution in [0, 0.1) is 37.0 Å². The van der Waals surface area contributed by atoms with E-state index in [-0.39, 0.29) is 30.2 Å². The lowest BCUT2D eigenvalue weighted by molar-refractivity contribution is -0.142. The molecule has 0 aromatic carbocycles. The van der Waals surface area contributed by atoms with Gasteiger partial charge in [-0.1, -0.05) is 12.2 Å². The summed E-state index contributed by atoms with van der Waals surface area (Å²) in [5, 5.41) is 12.3. The van der Waals surface area contributed by atoms with Crippen LogP contribution in [0.3, 0.4) is 0 Å². The lowest BCUT2D eigenvalue weighted by Gasteiger charge is -2.14. The van der Waals surface area contributed by atoms with Crippen molar-refractivity contribution < 1.29 is 14.4 Å². The fraction of sp³-hybridized carbons (Fsp3) is 0.412. The normalized spacial score (nSPS) is 22.5. The highest BCUT2D eigenvalue weighted by atomic mass is 32.1. The fourth-order valence-electron chi connectivity index (χ4n) is 3.18. The van der Waals surface area contributed by atoms with Gasteiger partial charge in [-0.25, -0.2) is 0 Å². The van der Waals surface area contributed by atoms with E-state index in [0.717, 1.165) is 15.3 Å². The SMILES string of the molecule is Cc1sc(NC(=O)CN2C(=O)[C@H]3CC=CC[C@@H]3C2=O)c(C#N)c1C. The van der Waals surface area contributed by atoms with Crippen LogP contribution in [0.5, 0.6) is 0 Å². The Hall–Kier alpha value is -2.46. The first-order valence-electron chi connectivity index (χ1n) is 7.74. The first kappa shape index (κ1) is 16.4. The molecule has 1 aromatic heterocycles. The van der Waals surface area contributed by atoms with Crippen molar-refractivity contribution >= 4 is 34.1 Å². The number of nitriles is 1. The molecule has 1 aromatic rings. The summed E-state index contributed by atoms with van der Waals surface area (Å²) in [5.74, 6) is -1.68. The number of anilines is 1. The number of hydrogen-bond acceptors (Lipinski definition) is 5. The van der Waals surface area contributed by atoms with Crippen LogP contribution in [0.1, 0.15) is 28.8 Å². The van der Waals surface area contributed by atoms with Crippen molar-refractivity contribution in [2.75, 3.05) is 11.9 Å². The van der Waals surface area contributed by atoms with Crippen LogP contribution >= 0.6 is 11.3 Å². The number of hydrogen-bond donors (Lipinski definition) is 1. The highest BCUT2D eigenvalue weighted by Crippen LogP contribution is 2.35. The van der Waals surface area contributed by atoms with Gasteiger partial charge in [0, 0.05) is 4.88 Å². The zero-order chi connectivity index (χ0) is 17.4. The van der Waals surface area contributed by atoms with Crippen molar-refractivity contribution in [3.8, 4) is 6.07 Å². The Kier molecular flexibility index (Phi) is 4.24. The lowest BCUT2D eigenvalue weighted by Crippen LogP contribution is -2.38. The minimum Gasteiger partial charge on any atom is -0.315 e. The molecule has 1 fully saturated rings. The van der Waals surface area contributed by atoms with Gasteiger partial charge in [0.05, 0.1) is 17.4 Å². The van der Waals surface area contributed by atoms with Gasteiger partial charge in [0.15, 0.2) is 0 Å². The second-order valence-electron chi connectivity index (χ2n) is 6.07. The van der Waals surface area contributed by atoms with Crippen LogP contribution < -0.4 is 5.32 Å². The lowest BCUT2D eigenvalue weighted by atomic mass is 9.85. The molecule has 6 nitrogen and oxygen atoms in total. The predicted molar refractivity (Wildman–Crippen MR) is 89.2 cm³/mol. The summed E-state index contributed by atoms with van der Waals surface area (Å²) in [4.78, 5) is 39.0. The van der Waals surface area contributed by atoms with Crippen molar-refractivity contribution in [3.05, 3.63) is 28.2 Å². The van der Waals surface area contributed by atoms with Gasteiger partial charge in [-0.3, -0.25) is 19.3 Å². The highest BCUT2D eigenvalue weighted by Gasteiger charge is 2.47. The molecule has 1 aliphatic heterocycles. The van der Waals surface area contributed by atoms with E-state index in [2.05, 4.69) is 11.4 Å². The molecule has 24 heavy (non-hydrogen) atoms. The number of carbonyl (C=O) groups excluding carboxylic acids is 3. The standard InChI is InChI=1S/C17H17N3O3S/c1-9-10(2)24-15(13(9)7-18)19-14(21)8-20-16(22)11-5-3-4-6-12(11)17(20)23/h3-4,11-12H,5-6,8H2,1-2H3,(H,19,21)/t11-,12-/m0/s1. The van der Waals surface area contributed by atoms with Gasteiger partial charge in [0.1, 0.15) is 17.6 Å². The maximum Gasteiger partial charge on any atom is 0.245 e. The highest BCUT2D eigenvalue weighted by molar-refractivity contribution is 7.16. The number of nitrogens with zero attached hydrogens (tertiary/aromatic N) is 2. The molecule has 2 heterocycles. The van der Waals surface area contributed by atoms with Crippen LogP contribution in [0.25, 0.3) is 0 Å². The third-order valence-corrected chi connectivity index (χ3v) is 5.77. The Labute approximate surface area is 143 Å². The molecule has 1 N–H and O–H groups in total. The zero-order valence-corrected chi connectivity index (χ0v) is 14.3. The van der Waals surface area contributed by atoms with Crippen molar-refractivity contribution in [1.29, 1.82) is 5.26 Å². The molecule has 0 bridgehead atoms. The smallest absolute Gasteiger partial charge is 0.245 e. The van der Waals surface area contributed by atoms with Crippen LogP contribution in [0.15, 0.2) is 12.2 Å². The van der Waals surface area contributed by atoms with Crippen LogP contribution in [-0.4, -0.2) is 29.2 Å². The number of likely N-dealkylation sites (tertiary alicyclic amines) is 1. The maximum absolute atomic E-state index is 12.4. The van der Waals surface area contributed by atoms with Crippen LogP contribution in [-0.2, 0) is 14.4 Å². The predicted octanol–water partition coefficient (Wildman–Crippen LogP) is 2.13. The van der Waals surface area contributed by atoms with E-state index in [0.29, 0.717) is 23.4 Å². The van der Waals surface area contributed by atoms with Gasteiger partial charge in [-0.15, -0.1) is 11.3 Å². The largest absolute Gasteiger partial charge is 0.315 e. The monoisotopic (exact) mass is 343 g/mol. The molecule has 2 aliphatic rings. The molecule has 1 aliphatic carbocycles. The van der Waals surface area contributed by atoms with Crippen molar-refractivity contribution in [2.24, 2.45) is 11.8 Å². The average Bonchev–Trinajstić information content (AvgIpc) is 2.96. The molecule has 0 spiro atoms. The molecule has 7 heteroatoms. The summed E-state index contributed by atoms with van der Waals surface area (Å²) in [6.07, 6.45) is 4.92. The number of aryl methyl sites for hydroxylation is 1. The maximum atomic E-state index is 12.4. The first-order chi connectivity index (χ1) is 11.4. The summed E-state index contributed by atoms with van der Waals surface area (Å²) in [6.45, 7) is 3.40. The Morgan fingerprint density at radius 3 is 2.42 bits per heavy atom. The zero-order valence-electron chi connectivity index (χ0n) is 13.5. The van der Waals surface area contributed by atoms with E-state index in [1.165, 1.54) is 11.3 Å². The van der Waals surface area contributed by atoms with Gasteiger partial charge in [-0.05, 0) is 32.3 Å². The van der Waals surface area contributed by atoms with Crippen molar-refractivity contribution in [3.63, 3.8) is 0 Å². The van der Waals surface area contributed by atoms with E-state index >= 15 is 0 Å². The Morgan fingerprint density at radius 1 is 1.29 bits per heavy atom. The third-order valence-electron chi connectivity index (χ3n) is 4.65. The fourth-order valence-corrected chi connectivity index (χ4v) is 4.21. The van der Waals surface area contributed by atoms with Gasteiger partial charge >= 0.3 is 0 Å². The Bertz CT molecular complexity index is 777. The Balaban J connectivity index is 1.72. The van der Waals surface area contributed by atoms with Crippen LogP contribution in [0.4, 0.5) is 5.00 Å². The first-order valence-corrected chi connectivity index (χ1v) is 8.55. The van der Waals surface area contributed by atoms with Crippen molar-refractivity contribution in [2.45, 2.75) is 26.7 Å².